The van der Waals surface area contributed by atoms with E-state index in [9.17, 15) is 0 Å². The van der Waals surface area contributed by atoms with Crippen LogP contribution < -0.4 is 4.74 Å². The van der Waals surface area contributed by atoms with Gasteiger partial charge >= 0.3 is 0 Å². The molecule has 0 unspecified atom stereocenters. The van der Waals surface area contributed by atoms with Gasteiger partial charge in [-0.2, -0.15) is 5.10 Å². The van der Waals surface area contributed by atoms with Crippen molar-refractivity contribution in [3.63, 3.8) is 0 Å². The molecule has 1 aromatic carbocycles. The molecule has 4 heteroatoms. The molecule has 100 valence electrons. The first-order chi connectivity index (χ1) is 9.36. The summed E-state index contributed by atoms with van der Waals surface area (Å²) < 4.78 is 6.01. The predicted octanol–water partition coefficient (Wildman–Crippen LogP) is 2.56. The van der Waals surface area contributed by atoms with Gasteiger partial charge < -0.3 is 9.84 Å². The number of fused-ring (bicyclic) bond motifs is 1. The second-order valence-corrected chi connectivity index (χ2v) is 5.18. The number of aliphatic hydroxyl groups is 1. The van der Waals surface area contributed by atoms with E-state index in [1.54, 1.807) is 6.20 Å². The zero-order chi connectivity index (χ0) is 13.1. The molecule has 0 atom stereocenters. The molecular formula is C15H18N2O2. The van der Waals surface area contributed by atoms with E-state index in [4.69, 9.17) is 9.84 Å². The van der Waals surface area contributed by atoms with Crippen LogP contribution in [0.3, 0.4) is 0 Å². The minimum Gasteiger partial charge on any atom is -0.473 e. The van der Waals surface area contributed by atoms with Crippen LogP contribution in [-0.2, 0) is 0 Å². The van der Waals surface area contributed by atoms with Gasteiger partial charge in [-0.1, -0.05) is 18.2 Å². The minimum atomic E-state index is 0.197. The summed E-state index contributed by atoms with van der Waals surface area (Å²) in [5, 5.41) is 19.3. The lowest BCUT2D eigenvalue weighted by Gasteiger charge is -2.27. The zero-order valence-electron chi connectivity index (χ0n) is 10.8. The minimum absolute atomic E-state index is 0.197. The summed E-state index contributed by atoms with van der Waals surface area (Å²) in [7, 11) is 0. The highest BCUT2D eigenvalue weighted by molar-refractivity contribution is 5.85. The topological polar surface area (TPSA) is 55.2 Å². The molecule has 1 aliphatic rings. The SMILES string of the molecule is OCC1CCC(Oc2nncc3ccccc23)CC1. The van der Waals surface area contributed by atoms with Crippen LogP contribution >= 0.6 is 0 Å². The van der Waals surface area contributed by atoms with Gasteiger partial charge in [0.05, 0.1) is 6.20 Å². The van der Waals surface area contributed by atoms with E-state index in [1.165, 1.54) is 0 Å². The van der Waals surface area contributed by atoms with Crippen LogP contribution in [0.25, 0.3) is 10.8 Å². The van der Waals surface area contributed by atoms with Crippen LogP contribution in [0.1, 0.15) is 25.7 Å². The van der Waals surface area contributed by atoms with Gasteiger partial charge in [-0.3, -0.25) is 0 Å². The molecule has 1 N–H and O–H groups in total. The number of rotatable bonds is 3. The van der Waals surface area contributed by atoms with Crippen LogP contribution in [0, 0.1) is 5.92 Å². The largest absolute Gasteiger partial charge is 0.473 e. The first-order valence-corrected chi connectivity index (χ1v) is 6.85. The summed E-state index contributed by atoms with van der Waals surface area (Å²) in [4.78, 5) is 0. The average Bonchev–Trinajstić information content (AvgIpc) is 2.48. The average molecular weight is 258 g/mol. The number of aromatic nitrogens is 2. The third-order valence-corrected chi connectivity index (χ3v) is 3.87. The van der Waals surface area contributed by atoms with E-state index < -0.39 is 0 Å². The Balaban J connectivity index is 1.75. The maximum Gasteiger partial charge on any atom is 0.241 e. The van der Waals surface area contributed by atoms with Crippen LogP contribution in [0.15, 0.2) is 30.5 Å². The number of aliphatic hydroxyl groups excluding tert-OH is 1. The van der Waals surface area contributed by atoms with E-state index in [2.05, 4.69) is 10.2 Å². The molecule has 1 aliphatic carbocycles. The Labute approximate surface area is 112 Å². The first kappa shape index (κ1) is 12.4. The standard InChI is InChI=1S/C15H18N2O2/c18-10-11-5-7-13(8-6-11)19-15-14-4-2-1-3-12(14)9-16-17-15/h1-4,9,11,13,18H,5-8,10H2. The molecule has 1 aromatic heterocycles. The van der Waals surface area contributed by atoms with Gasteiger partial charge in [0.2, 0.25) is 5.88 Å². The molecule has 3 rings (SSSR count). The monoisotopic (exact) mass is 258 g/mol. The molecule has 0 spiro atoms. The fraction of sp³-hybridized carbons (Fsp3) is 0.467. The van der Waals surface area contributed by atoms with E-state index in [0.717, 1.165) is 36.5 Å². The molecule has 2 aromatic rings. The molecule has 0 amide bonds. The highest BCUT2D eigenvalue weighted by Crippen LogP contribution is 2.29. The van der Waals surface area contributed by atoms with Crippen molar-refractivity contribution in [2.24, 2.45) is 5.92 Å². The lowest BCUT2D eigenvalue weighted by Crippen LogP contribution is -2.26. The Morgan fingerprint density at radius 2 is 1.95 bits per heavy atom. The maximum absolute atomic E-state index is 9.15. The summed E-state index contributed by atoms with van der Waals surface area (Å²) >= 11 is 0. The number of hydrogen-bond acceptors (Lipinski definition) is 4. The Bertz CT molecular complexity index is 545. The molecule has 0 aliphatic heterocycles. The third-order valence-electron chi connectivity index (χ3n) is 3.87. The maximum atomic E-state index is 9.15. The van der Waals surface area contributed by atoms with Gasteiger partial charge in [-0.25, -0.2) is 0 Å². The lowest BCUT2D eigenvalue weighted by molar-refractivity contribution is 0.101. The summed E-state index contributed by atoms with van der Waals surface area (Å²) in [6, 6.07) is 8.00. The molecule has 1 heterocycles. The van der Waals surface area contributed by atoms with Crippen molar-refractivity contribution >= 4 is 10.8 Å². The highest BCUT2D eigenvalue weighted by atomic mass is 16.5. The summed E-state index contributed by atoms with van der Waals surface area (Å²) in [6.45, 7) is 0.292. The van der Waals surface area contributed by atoms with E-state index in [-0.39, 0.29) is 6.10 Å². The Morgan fingerprint density at radius 3 is 2.74 bits per heavy atom. The summed E-state index contributed by atoms with van der Waals surface area (Å²) in [6.07, 6.45) is 5.97. The Morgan fingerprint density at radius 1 is 1.16 bits per heavy atom. The number of hydrogen-bond donors (Lipinski definition) is 1. The van der Waals surface area contributed by atoms with Gasteiger partial charge in [0, 0.05) is 17.4 Å². The van der Waals surface area contributed by atoms with Crippen molar-refractivity contribution in [2.45, 2.75) is 31.8 Å². The van der Waals surface area contributed by atoms with Crippen LogP contribution in [0.4, 0.5) is 0 Å². The molecule has 0 saturated heterocycles. The number of nitrogens with zero attached hydrogens (tertiary/aromatic N) is 2. The highest BCUT2D eigenvalue weighted by Gasteiger charge is 2.22. The predicted molar refractivity (Wildman–Crippen MR) is 73.0 cm³/mol. The first-order valence-electron chi connectivity index (χ1n) is 6.85. The Hall–Kier alpha value is -1.68. The molecule has 19 heavy (non-hydrogen) atoms. The fourth-order valence-corrected chi connectivity index (χ4v) is 2.68. The second-order valence-electron chi connectivity index (χ2n) is 5.18. The van der Waals surface area contributed by atoms with Crippen molar-refractivity contribution in [3.8, 4) is 5.88 Å². The van der Waals surface area contributed by atoms with Gasteiger partial charge in [-0.05, 0) is 37.7 Å². The molecular weight excluding hydrogens is 240 g/mol. The summed E-state index contributed by atoms with van der Waals surface area (Å²) in [5.74, 6) is 1.07. The van der Waals surface area contributed by atoms with Gasteiger partial charge in [0.15, 0.2) is 0 Å². The normalized spacial score (nSPS) is 23.4. The van der Waals surface area contributed by atoms with Crippen molar-refractivity contribution in [2.75, 3.05) is 6.61 Å². The molecule has 1 fully saturated rings. The third kappa shape index (κ3) is 2.68. The van der Waals surface area contributed by atoms with Crippen molar-refractivity contribution in [1.29, 1.82) is 0 Å². The second kappa shape index (κ2) is 5.53. The molecule has 1 saturated carbocycles. The smallest absolute Gasteiger partial charge is 0.241 e. The number of ether oxygens (including phenoxy) is 1. The molecule has 0 bridgehead atoms. The van der Waals surface area contributed by atoms with Crippen LogP contribution in [0.2, 0.25) is 0 Å². The van der Waals surface area contributed by atoms with Crippen molar-refractivity contribution in [1.82, 2.24) is 10.2 Å². The van der Waals surface area contributed by atoms with Gasteiger partial charge in [-0.15, -0.1) is 5.10 Å². The Kier molecular flexibility index (Phi) is 3.60. The zero-order valence-corrected chi connectivity index (χ0v) is 10.8. The van der Waals surface area contributed by atoms with Crippen molar-refractivity contribution < 1.29 is 9.84 Å². The fourth-order valence-electron chi connectivity index (χ4n) is 2.68. The van der Waals surface area contributed by atoms with Crippen LogP contribution in [-0.4, -0.2) is 28.0 Å². The lowest BCUT2D eigenvalue weighted by atomic mass is 9.88. The van der Waals surface area contributed by atoms with E-state index in [1.807, 2.05) is 24.3 Å². The number of benzene rings is 1. The van der Waals surface area contributed by atoms with Crippen molar-refractivity contribution in [3.05, 3.63) is 30.5 Å². The molecule has 0 radical (unpaired) electrons. The quantitative estimate of drug-likeness (QED) is 0.919. The van der Waals surface area contributed by atoms with Gasteiger partial charge in [0.25, 0.3) is 0 Å². The van der Waals surface area contributed by atoms with Gasteiger partial charge in [0.1, 0.15) is 6.10 Å². The van der Waals surface area contributed by atoms with Crippen LogP contribution in [0.5, 0.6) is 5.88 Å². The van der Waals surface area contributed by atoms with E-state index in [0.29, 0.717) is 18.4 Å². The van der Waals surface area contributed by atoms with E-state index >= 15 is 0 Å². The summed E-state index contributed by atoms with van der Waals surface area (Å²) in [5.41, 5.74) is 0. The molecule has 4 nitrogen and oxygen atoms in total.